The maximum atomic E-state index is 9.71. The molecular formula is C10H22BaO. The van der Waals surface area contributed by atoms with Crippen molar-refractivity contribution in [1.82, 2.24) is 0 Å². The Morgan fingerprint density at radius 3 is 2.25 bits per heavy atom. The molecule has 70 valence electrons. The zero-order valence-electron chi connectivity index (χ0n) is 7.88. The normalized spacial score (nSPS) is 36.2. The van der Waals surface area contributed by atoms with E-state index in [0.717, 1.165) is 12.3 Å². The number of rotatable bonds is 1. The van der Waals surface area contributed by atoms with Crippen molar-refractivity contribution in [3.05, 3.63) is 0 Å². The van der Waals surface area contributed by atoms with Crippen LogP contribution in [0.4, 0.5) is 0 Å². The minimum atomic E-state index is -0.0289. The Morgan fingerprint density at radius 2 is 1.83 bits per heavy atom. The van der Waals surface area contributed by atoms with E-state index in [4.69, 9.17) is 0 Å². The molecule has 0 heterocycles. The van der Waals surface area contributed by atoms with Gasteiger partial charge in [-0.3, -0.25) is 0 Å². The van der Waals surface area contributed by atoms with Crippen LogP contribution in [0.1, 0.15) is 40.0 Å². The van der Waals surface area contributed by atoms with Gasteiger partial charge in [0.2, 0.25) is 0 Å². The zero-order chi connectivity index (χ0) is 8.43. The van der Waals surface area contributed by atoms with E-state index >= 15 is 0 Å². The number of hydrogen-bond donors (Lipinski definition) is 1. The molecule has 0 aromatic carbocycles. The van der Waals surface area contributed by atoms with Crippen LogP contribution in [0.5, 0.6) is 0 Å². The second-order valence-electron chi connectivity index (χ2n) is 4.39. The van der Waals surface area contributed by atoms with Crippen molar-refractivity contribution in [2.24, 2.45) is 17.8 Å². The summed E-state index contributed by atoms with van der Waals surface area (Å²) in [7, 11) is 0. The summed E-state index contributed by atoms with van der Waals surface area (Å²) >= 11 is 0. The molecule has 0 aromatic heterocycles. The minimum absolute atomic E-state index is 0. The second kappa shape index (κ2) is 6.10. The summed E-state index contributed by atoms with van der Waals surface area (Å²) in [6.07, 6.45) is 3.52. The number of hydrogen-bond acceptors (Lipinski definition) is 1. The van der Waals surface area contributed by atoms with Crippen LogP contribution < -0.4 is 0 Å². The molecule has 1 aliphatic rings. The van der Waals surface area contributed by atoms with Crippen molar-refractivity contribution in [1.29, 1.82) is 0 Å². The van der Waals surface area contributed by atoms with Crippen molar-refractivity contribution < 1.29 is 5.11 Å². The zero-order valence-corrected chi connectivity index (χ0v) is 7.88. The molecule has 1 fully saturated rings. The summed E-state index contributed by atoms with van der Waals surface area (Å²) in [6.45, 7) is 6.66. The third kappa shape index (κ3) is 3.72. The van der Waals surface area contributed by atoms with E-state index in [1.54, 1.807) is 0 Å². The molecule has 0 aromatic rings. The molecule has 0 aliphatic heterocycles. The van der Waals surface area contributed by atoms with E-state index in [9.17, 15) is 5.11 Å². The van der Waals surface area contributed by atoms with Gasteiger partial charge in [-0.25, -0.2) is 0 Å². The van der Waals surface area contributed by atoms with Gasteiger partial charge < -0.3 is 5.11 Å². The van der Waals surface area contributed by atoms with Crippen LogP contribution >= 0.6 is 0 Å². The Bertz CT molecular complexity index is 125. The molecule has 1 saturated carbocycles. The first-order valence-corrected chi connectivity index (χ1v) is 4.79. The fourth-order valence-corrected chi connectivity index (χ4v) is 2.15. The van der Waals surface area contributed by atoms with Crippen LogP contribution in [-0.2, 0) is 0 Å². The molecule has 0 spiro atoms. The summed E-state index contributed by atoms with van der Waals surface area (Å²) in [5.74, 6) is 1.95. The predicted molar refractivity (Wildman–Crippen MR) is 55.9 cm³/mol. The van der Waals surface area contributed by atoms with Gasteiger partial charge in [0.05, 0.1) is 6.10 Å². The van der Waals surface area contributed by atoms with Gasteiger partial charge in [0.1, 0.15) is 0 Å². The Hall–Kier alpha value is 1.53. The monoisotopic (exact) mass is 296 g/mol. The standard InChI is InChI=1S/C10H20O.Ba.2H/c1-7(2)9-5-4-8(3)6-10(9)11;;;/h7-11H,4-6H2,1-3H3;;;/t8-,9+,10-;;;/m1.../s1. The SMILES string of the molecule is CC(C)[C@@H]1CC[C@@H](C)C[C@H]1O.[BaH2]. The first-order valence-electron chi connectivity index (χ1n) is 4.79. The summed E-state index contributed by atoms with van der Waals surface area (Å²) in [5.41, 5.74) is 0. The molecule has 2 heteroatoms. The molecule has 1 aliphatic carbocycles. The van der Waals surface area contributed by atoms with Gasteiger partial charge in [0.15, 0.2) is 0 Å². The Balaban J connectivity index is 0.00000121. The van der Waals surface area contributed by atoms with Gasteiger partial charge in [0.25, 0.3) is 0 Å². The van der Waals surface area contributed by atoms with Crippen LogP contribution in [0.25, 0.3) is 0 Å². The third-order valence-electron chi connectivity index (χ3n) is 2.99. The number of aliphatic hydroxyl groups excluding tert-OH is 1. The number of aliphatic hydroxyl groups is 1. The van der Waals surface area contributed by atoms with Crippen LogP contribution in [0.2, 0.25) is 0 Å². The summed E-state index contributed by atoms with van der Waals surface area (Å²) < 4.78 is 0. The Morgan fingerprint density at radius 1 is 1.25 bits per heavy atom. The van der Waals surface area contributed by atoms with Crippen LogP contribution in [-0.4, -0.2) is 60.1 Å². The van der Waals surface area contributed by atoms with E-state index in [1.807, 2.05) is 0 Å². The first-order chi connectivity index (χ1) is 5.11. The molecule has 0 amide bonds. The van der Waals surface area contributed by atoms with Crippen LogP contribution in [0, 0.1) is 17.8 Å². The maximum absolute atomic E-state index is 9.71. The second-order valence-corrected chi connectivity index (χ2v) is 4.39. The molecule has 0 bridgehead atoms. The topological polar surface area (TPSA) is 20.2 Å². The summed E-state index contributed by atoms with van der Waals surface area (Å²) in [6, 6.07) is 0. The van der Waals surface area contributed by atoms with Crippen molar-refractivity contribution in [2.75, 3.05) is 0 Å². The fourth-order valence-electron chi connectivity index (χ4n) is 2.15. The molecule has 1 N–H and O–H groups in total. The Labute approximate surface area is 116 Å². The fraction of sp³-hybridized carbons (Fsp3) is 1.00. The Kier molecular flexibility index (Phi) is 6.88. The molecule has 1 rings (SSSR count). The quantitative estimate of drug-likeness (QED) is 0.727. The molecule has 0 saturated heterocycles. The summed E-state index contributed by atoms with van der Waals surface area (Å²) in [4.78, 5) is 0. The van der Waals surface area contributed by atoms with E-state index in [2.05, 4.69) is 20.8 Å². The van der Waals surface area contributed by atoms with Crippen LogP contribution in [0.15, 0.2) is 0 Å². The van der Waals surface area contributed by atoms with Crippen molar-refractivity contribution >= 4 is 48.9 Å². The average Bonchev–Trinajstić information content (AvgIpc) is 1.85. The van der Waals surface area contributed by atoms with Gasteiger partial charge >= 0.3 is 48.9 Å². The van der Waals surface area contributed by atoms with Crippen molar-refractivity contribution in [2.45, 2.75) is 46.1 Å². The molecule has 1 nitrogen and oxygen atoms in total. The van der Waals surface area contributed by atoms with Crippen LogP contribution in [0.3, 0.4) is 0 Å². The van der Waals surface area contributed by atoms with E-state index in [0.29, 0.717) is 11.8 Å². The molecule has 12 heavy (non-hydrogen) atoms. The van der Waals surface area contributed by atoms with Gasteiger partial charge in [-0.15, -0.1) is 0 Å². The average molecular weight is 296 g/mol. The molecule has 3 atom stereocenters. The van der Waals surface area contributed by atoms with Gasteiger partial charge in [-0.1, -0.05) is 27.2 Å². The van der Waals surface area contributed by atoms with Gasteiger partial charge in [-0.2, -0.15) is 0 Å². The van der Waals surface area contributed by atoms with Crippen molar-refractivity contribution in [3.63, 3.8) is 0 Å². The van der Waals surface area contributed by atoms with Gasteiger partial charge in [-0.05, 0) is 30.6 Å². The van der Waals surface area contributed by atoms with E-state index in [1.165, 1.54) is 12.8 Å². The first kappa shape index (κ1) is 13.5. The van der Waals surface area contributed by atoms with Gasteiger partial charge in [0, 0.05) is 0 Å². The van der Waals surface area contributed by atoms with Crippen molar-refractivity contribution in [3.8, 4) is 0 Å². The molecular weight excluding hydrogens is 273 g/mol. The van der Waals surface area contributed by atoms with E-state index in [-0.39, 0.29) is 55.0 Å². The third-order valence-corrected chi connectivity index (χ3v) is 2.99. The predicted octanol–water partition coefficient (Wildman–Crippen LogP) is 1.52. The molecule has 0 unspecified atom stereocenters. The summed E-state index contributed by atoms with van der Waals surface area (Å²) in [5, 5.41) is 9.71. The van der Waals surface area contributed by atoms with E-state index < -0.39 is 0 Å². The molecule has 0 radical (unpaired) electrons.